The fourth-order valence-electron chi connectivity index (χ4n) is 2.85. The molecule has 24 heavy (non-hydrogen) atoms. The quantitative estimate of drug-likeness (QED) is 0.874. The van der Waals surface area contributed by atoms with Crippen LogP contribution in [0.2, 0.25) is 0 Å². The van der Waals surface area contributed by atoms with Crippen LogP contribution in [0.15, 0.2) is 24.3 Å². The Balaban J connectivity index is 1.92. The lowest BCUT2D eigenvalue weighted by atomic mass is 9.79. The van der Waals surface area contributed by atoms with Crippen LogP contribution < -0.4 is 11.1 Å². The zero-order chi connectivity index (χ0) is 17.2. The van der Waals surface area contributed by atoms with Gasteiger partial charge in [0, 0.05) is 25.1 Å². The van der Waals surface area contributed by atoms with Crippen molar-refractivity contribution in [2.45, 2.75) is 19.3 Å². The van der Waals surface area contributed by atoms with E-state index in [1.807, 2.05) is 0 Å². The van der Waals surface area contributed by atoms with E-state index in [1.54, 1.807) is 24.3 Å². The molecule has 2 heterocycles. The van der Waals surface area contributed by atoms with Crippen molar-refractivity contribution in [3.63, 3.8) is 0 Å². The number of benzene rings is 1. The second-order valence-corrected chi connectivity index (χ2v) is 5.86. The van der Waals surface area contributed by atoms with Gasteiger partial charge in [-0.3, -0.25) is 4.79 Å². The van der Waals surface area contributed by atoms with E-state index in [-0.39, 0.29) is 12.4 Å². The number of para-hydroxylation sites is 1. The van der Waals surface area contributed by atoms with Gasteiger partial charge in [0.1, 0.15) is 5.82 Å². The van der Waals surface area contributed by atoms with Gasteiger partial charge in [0.15, 0.2) is 5.82 Å². The summed E-state index contributed by atoms with van der Waals surface area (Å²) < 4.78 is 31.3. The molecule has 6 nitrogen and oxygen atoms in total. The molecule has 0 saturated carbocycles. The number of amides is 1. The zero-order valence-electron chi connectivity index (χ0n) is 13.0. The molecule has 1 amide bonds. The third-order valence-electron chi connectivity index (χ3n) is 4.38. The molecule has 8 heteroatoms. The topological polar surface area (TPSA) is 90.1 Å². The lowest BCUT2D eigenvalue weighted by molar-refractivity contribution is -0.132. The molecule has 0 bridgehead atoms. The number of carbonyl (C=O) groups is 1. The Morgan fingerprint density at radius 2 is 2.00 bits per heavy atom. The Hall–Kier alpha value is -2.35. The molecule has 1 saturated heterocycles. The highest BCUT2D eigenvalue weighted by molar-refractivity contribution is 5.89. The predicted molar refractivity (Wildman–Crippen MR) is 84.7 cm³/mol. The minimum Gasteiger partial charge on any atom is -0.381 e. The van der Waals surface area contributed by atoms with E-state index in [9.17, 15) is 13.6 Å². The van der Waals surface area contributed by atoms with Crippen LogP contribution in [-0.4, -0.2) is 35.6 Å². The average molecular weight is 336 g/mol. The molecule has 0 atom stereocenters. The molecule has 1 aliphatic rings. The van der Waals surface area contributed by atoms with Gasteiger partial charge < -0.3 is 15.8 Å². The molecule has 0 unspecified atom stereocenters. The van der Waals surface area contributed by atoms with Crippen LogP contribution in [0.4, 0.5) is 14.6 Å². The van der Waals surface area contributed by atoms with E-state index in [1.165, 1.54) is 0 Å². The lowest BCUT2D eigenvalue weighted by Crippen LogP contribution is -2.46. The molecule has 3 N–H and O–H groups in total. The number of nitrogens with one attached hydrogen (secondary N) is 1. The zero-order valence-corrected chi connectivity index (χ0v) is 13.0. The molecule has 128 valence electrons. The van der Waals surface area contributed by atoms with Gasteiger partial charge in [-0.15, -0.1) is 0 Å². The van der Waals surface area contributed by atoms with Crippen molar-refractivity contribution in [3.8, 4) is 0 Å². The second kappa shape index (κ2) is 6.64. The van der Waals surface area contributed by atoms with Gasteiger partial charge in [0.2, 0.25) is 5.91 Å². The highest BCUT2D eigenvalue weighted by Gasteiger charge is 2.38. The van der Waals surface area contributed by atoms with E-state index in [0.29, 0.717) is 37.0 Å². The van der Waals surface area contributed by atoms with Crippen molar-refractivity contribution in [1.82, 2.24) is 9.97 Å². The van der Waals surface area contributed by atoms with E-state index >= 15 is 0 Å². The monoisotopic (exact) mass is 336 g/mol. The number of fused-ring (bicyclic) bond motifs is 1. The average Bonchev–Trinajstić information content (AvgIpc) is 2.60. The summed E-state index contributed by atoms with van der Waals surface area (Å²) in [5, 5.41) is 3.65. The van der Waals surface area contributed by atoms with Crippen molar-refractivity contribution < 1.29 is 18.3 Å². The van der Waals surface area contributed by atoms with Crippen LogP contribution in [0.25, 0.3) is 10.9 Å². The molecule has 1 aromatic carbocycles. The third kappa shape index (κ3) is 3.14. The normalized spacial score (nSPS) is 17.1. The first-order valence-corrected chi connectivity index (χ1v) is 7.68. The number of carbonyl (C=O) groups excluding carboxylic acids is 1. The first kappa shape index (κ1) is 16.5. The summed E-state index contributed by atoms with van der Waals surface area (Å²) in [6.45, 7) is 1.10. The number of hydrogen-bond donors (Lipinski definition) is 2. The maximum absolute atomic E-state index is 13.0. The number of halogens is 2. The van der Waals surface area contributed by atoms with Gasteiger partial charge in [0.25, 0.3) is 6.43 Å². The molecule has 0 spiro atoms. The molecule has 0 aliphatic carbocycles. The standard InChI is InChI=1S/C16H18F2N4O2/c17-12(18)14-21-11-4-2-1-3-10(11)13(22-14)20-9-16(15(19)23)5-7-24-8-6-16/h1-4,12H,5-9H2,(H2,19,23)(H,20,21,22). The molecule has 1 aliphatic heterocycles. The summed E-state index contributed by atoms with van der Waals surface area (Å²) >= 11 is 0. The minimum atomic E-state index is -2.77. The Bertz CT molecular complexity index is 748. The van der Waals surface area contributed by atoms with Gasteiger partial charge in [-0.1, -0.05) is 12.1 Å². The smallest absolute Gasteiger partial charge is 0.297 e. The van der Waals surface area contributed by atoms with Crippen LogP contribution in [0, 0.1) is 5.41 Å². The summed E-state index contributed by atoms with van der Waals surface area (Å²) in [5.41, 5.74) is 5.22. The van der Waals surface area contributed by atoms with Crippen molar-refractivity contribution in [1.29, 1.82) is 0 Å². The fourth-order valence-corrected chi connectivity index (χ4v) is 2.85. The number of ether oxygens (including phenoxy) is 1. The number of hydrogen-bond acceptors (Lipinski definition) is 5. The maximum Gasteiger partial charge on any atom is 0.297 e. The van der Waals surface area contributed by atoms with Gasteiger partial charge in [-0.05, 0) is 25.0 Å². The number of rotatable bonds is 5. The van der Waals surface area contributed by atoms with E-state index in [2.05, 4.69) is 15.3 Å². The summed E-state index contributed by atoms with van der Waals surface area (Å²) in [6.07, 6.45) is -1.80. The van der Waals surface area contributed by atoms with E-state index in [4.69, 9.17) is 10.5 Å². The number of nitrogens with two attached hydrogens (primary N) is 1. The largest absolute Gasteiger partial charge is 0.381 e. The molecule has 2 aromatic rings. The summed E-state index contributed by atoms with van der Waals surface area (Å²) in [5.74, 6) is -0.690. The second-order valence-electron chi connectivity index (χ2n) is 5.86. The first-order chi connectivity index (χ1) is 11.5. The molecular weight excluding hydrogens is 318 g/mol. The van der Waals surface area contributed by atoms with Crippen LogP contribution in [0.3, 0.4) is 0 Å². The van der Waals surface area contributed by atoms with Crippen LogP contribution in [0.5, 0.6) is 0 Å². The first-order valence-electron chi connectivity index (χ1n) is 7.68. The summed E-state index contributed by atoms with van der Waals surface area (Å²) in [7, 11) is 0. The molecule has 1 aromatic heterocycles. The third-order valence-corrected chi connectivity index (χ3v) is 4.38. The van der Waals surface area contributed by atoms with Gasteiger partial charge in [0.05, 0.1) is 10.9 Å². The maximum atomic E-state index is 13.0. The van der Waals surface area contributed by atoms with Crippen molar-refractivity contribution >= 4 is 22.6 Å². The fraction of sp³-hybridized carbons (Fsp3) is 0.438. The van der Waals surface area contributed by atoms with Crippen LogP contribution in [-0.2, 0) is 9.53 Å². The predicted octanol–water partition coefficient (Wildman–Crippen LogP) is 2.26. The Morgan fingerprint density at radius 3 is 2.67 bits per heavy atom. The SMILES string of the molecule is NC(=O)C1(CNc2nc(C(F)F)nc3ccccc23)CCOCC1. The van der Waals surface area contributed by atoms with Gasteiger partial charge in [-0.25, -0.2) is 18.7 Å². The highest BCUT2D eigenvalue weighted by atomic mass is 19.3. The van der Waals surface area contributed by atoms with Crippen LogP contribution >= 0.6 is 0 Å². The van der Waals surface area contributed by atoms with E-state index in [0.717, 1.165) is 0 Å². The number of aromatic nitrogens is 2. The summed E-state index contributed by atoms with van der Waals surface area (Å²) in [4.78, 5) is 19.7. The number of anilines is 1. The number of alkyl halides is 2. The number of nitrogens with zero attached hydrogens (tertiary/aromatic N) is 2. The molecular formula is C16H18F2N4O2. The number of primary amides is 1. The molecule has 3 rings (SSSR count). The summed E-state index contributed by atoms with van der Waals surface area (Å²) in [6, 6.07) is 6.88. The van der Waals surface area contributed by atoms with E-state index < -0.39 is 23.6 Å². The molecule has 1 fully saturated rings. The lowest BCUT2D eigenvalue weighted by Gasteiger charge is -2.34. The van der Waals surface area contributed by atoms with Crippen LogP contribution in [0.1, 0.15) is 25.1 Å². The van der Waals surface area contributed by atoms with Crippen molar-refractivity contribution in [2.24, 2.45) is 11.1 Å². The highest BCUT2D eigenvalue weighted by Crippen LogP contribution is 2.32. The van der Waals surface area contributed by atoms with Gasteiger partial charge >= 0.3 is 0 Å². The Morgan fingerprint density at radius 1 is 1.29 bits per heavy atom. The molecule has 0 radical (unpaired) electrons. The minimum absolute atomic E-state index is 0.218. The van der Waals surface area contributed by atoms with Gasteiger partial charge in [-0.2, -0.15) is 0 Å². The Labute approximate surface area is 137 Å². The van der Waals surface area contributed by atoms with Crippen molar-refractivity contribution in [3.05, 3.63) is 30.1 Å². The van der Waals surface area contributed by atoms with Crippen molar-refractivity contribution in [2.75, 3.05) is 25.1 Å². The Kier molecular flexibility index (Phi) is 4.57.